The molecule has 0 unspecified atom stereocenters. The van der Waals surface area contributed by atoms with E-state index in [2.05, 4.69) is 40.0 Å². The van der Waals surface area contributed by atoms with Crippen molar-refractivity contribution < 1.29 is 4.79 Å². The van der Waals surface area contributed by atoms with Gasteiger partial charge in [-0.2, -0.15) is 0 Å². The summed E-state index contributed by atoms with van der Waals surface area (Å²) in [6, 6.07) is 12.4. The van der Waals surface area contributed by atoms with Crippen LogP contribution in [0.3, 0.4) is 0 Å². The predicted octanol–water partition coefficient (Wildman–Crippen LogP) is 4.03. The van der Waals surface area contributed by atoms with E-state index in [1.807, 2.05) is 18.3 Å². The van der Waals surface area contributed by atoms with Crippen molar-refractivity contribution in [1.29, 1.82) is 0 Å². The van der Waals surface area contributed by atoms with Crippen LogP contribution < -0.4 is 0 Å². The number of aryl methyl sites for hydroxylation is 4. The van der Waals surface area contributed by atoms with Crippen LogP contribution in [-0.2, 0) is 30.6 Å². The molecule has 0 aliphatic carbocycles. The largest absolute Gasteiger partial charge is 0.334 e. The van der Waals surface area contributed by atoms with Gasteiger partial charge in [-0.15, -0.1) is 0 Å². The van der Waals surface area contributed by atoms with E-state index in [1.54, 1.807) is 6.20 Å². The first-order chi connectivity index (χ1) is 12.8. The normalized spacial score (nSPS) is 12.9. The van der Waals surface area contributed by atoms with E-state index in [4.69, 9.17) is 4.98 Å². The van der Waals surface area contributed by atoms with Gasteiger partial charge in [0.2, 0.25) is 0 Å². The second kappa shape index (κ2) is 7.65. The van der Waals surface area contributed by atoms with Crippen molar-refractivity contribution in [2.45, 2.75) is 45.1 Å². The van der Waals surface area contributed by atoms with Gasteiger partial charge in [-0.3, -0.25) is 9.78 Å². The maximum atomic E-state index is 12.2. The Balaban J connectivity index is 1.34. The Hall–Kier alpha value is -2.75. The average Bonchev–Trinajstić information content (AvgIpc) is 3.28. The highest BCUT2D eigenvalue weighted by Crippen LogP contribution is 2.24. The molecule has 26 heavy (non-hydrogen) atoms. The molecule has 4 heteroatoms. The summed E-state index contributed by atoms with van der Waals surface area (Å²) in [6.07, 6.45) is 10.7. The van der Waals surface area contributed by atoms with Crippen LogP contribution in [0.1, 0.15) is 36.2 Å². The number of hydrogen-bond acceptors (Lipinski definition) is 3. The van der Waals surface area contributed by atoms with Gasteiger partial charge in [0.1, 0.15) is 11.6 Å². The Labute approximate surface area is 153 Å². The summed E-state index contributed by atoms with van der Waals surface area (Å²) in [5.74, 6) is 1.50. The first kappa shape index (κ1) is 16.7. The highest BCUT2D eigenvalue weighted by Gasteiger charge is 2.14. The number of hydrogen-bond donors (Lipinski definition) is 0. The lowest BCUT2D eigenvalue weighted by atomic mass is 10.0. The zero-order chi connectivity index (χ0) is 17.8. The van der Waals surface area contributed by atoms with E-state index < -0.39 is 0 Å². The van der Waals surface area contributed by atoms with Gasteiger partial charge in [-0.25, -0.2) is 4.98 Å². The summed E-state index contributed by atoms with van der Waals surface area (Å²) >= 11 is 0. The zero-order valence-electron chi connectivity index (χ0n) is 14.9. The Bertz CT molecular complexity index is 877. The topological polar surface area (TPSA) is 47.8 Å². The van der Waals surface area contributed by atoms with E-state index >= 15 is 0 Å². The number of carbonyl (C=O) groups excluding carboxylic acids is 1. The molecule has 0 amide bonds. The lowest BCUT2D eigenvalue weighted by Crippen LogP contribution is -2.02. The molecule has 0 saturated heterocycles. The molecule has 0 N–H and O–H groups in total. The predicted molar refractivity (Wildman–Crippen MR) is 102 cm³/mol. The van der Waals surface area contributed by atoms with Gasteiger partial charge < -0.3 is 4.57 Å². The second-order valence-electron chi connectivity index (χ2n) is 6.94. The SMILES string of the molecule is O=C(CCc1cccnc1)CCc1cccc(-c2cn3c(n2)CCC3)c1. The highest BCUT2D eigenvalue weighted by atomic mass is 16.1. The molecule has 0 spiro atoms. The monoisotopic (exact) mass is 345 g/mol. The van der Waals surface area contributed by atoms with Crippen LogP contribution in [0.2, 0.25) is 0 Å². The first-order valence-electron chi connectivity index (χ1n) is 9.34. The number of Topliss-reactive ketones (excluding diaryl/α,β-unsaturated/α-hetero) is 1. The van der Waals surface area contributed by atoms with Gasteiger partial charge in [0.15, 0.2) is 0 Å². The molecule has 1 aliphatic heterocycles. The fraction of sp³-hybridized carbons (Fsp3) is 0.318. The minimum Gasteiger partial charge on any atom is -0.334 e. The van der Waals surface area contributed by atoms with Gasteiger partial charge in [-0.05, 0) is 42.5 Å². The first-order valence-corrected chi connectivity index (χ1v) is 9.34. The van der Waals surface area contributed by atoms with Crippen LogP contribution in [0.15, 0.2) is 55.0 Å². The molecule has 0 fully saturated rings. The van der Waals surface area contributed by atoms with E-state index in [9.17, 15) is 4.79 Å². The quantitative estimate of drug-likeness (QED) is 0.650. The average molecular weight is 345 g/mol. The number of benzene rings is 1. The summed E-state index contributed by atoms with van der Waals surface area (Å²) in [4.78, 5) is 21.0. The number of aromatic nitrogens is 3. The number of rotatable bonds is 7. The molecule has 0 bridgehead atoms. The molecule has 4 rings (SSSR count). The van der Waals surface area contributed by atoms with Gasteiger partial charge in [0.25, 0.3) is 0 Å². The van der Waals surface area contributed by atoms with Crippen LogP contribution in [0.25, 0.3) is 11.3 Å². The van der Waals surface area contributed by atoms with Gasteiger partial charge in [-0.1, -0.05) is 24.3 Å². The van der Waals surface area contributed by atoms with Crippen molar-refractivity contribution in [3.8, 4) is 11.3 Å². The molecule has 4 nitrogen and oxygen atoms in total. The highest BCUT2D eigenvalue weighted by molar-refractivity contribution is 5.79. The fourth-order valence-corrected chi connectivity index (χ4v) is 3.52. The maximum absolute atomic E-state index is 12.2. The molecule has 132 valence electrons. The van der Waals surface area contributed by atoms with Crippen molar-refractivity contribution in [3.63, 3.8) is 0 Å². The molecule has 2 aromatic heterocycles. The van der Waals surface area contributed by atoms with Crippen molar-refractivity contribution >= 4 is 5.78 Å². The van der Waals surface area contributed by atoms with Crippen molar-refractivity contribution in [3.05, 3.63) is 71.9 Å². The van der Waals surface area contributed by atoms with Gasteiger partial charge in [0, 0.05) is 50.0 Å². The maximum Gasteiger partial charge on any atom is 0.133 e. The van der Waals surface area contributed by atoms with Crippen LogP contribution in [-0.4, -0.2) is 20.3 Å². The molecule has 3 aromatic rings. The van der Waals surface area contributed by atoms with E-state index in [-0.39, 0.29) is 0 Å². The van der Waals surface area contributed by atoms with E-state index in [0.29, 0.717) is 18.6 Å². The van der Waals surface area contributed by atoms with E-state index in [0.717, 1.165) is 42.6 Å². The van der Waals surface area contributed by atoms with E-state index in [1.165, 1.54) is 17.8 Å². The van der Waals surface area contributed by atoms with Crippen LogP contribution in [0, 0.1) is 0 Å². The minimum absolute atomic E-state index is 0.306. The number of carbonyl (C=O) groups is 1. The van der Waals surface area contributed by atoms with Gasteiger partial charge in [0.05, 0.1) is 5.69 Å². The van der Waals surface area contributed by atoms with Crippen LogP contribution >= 0.6 is 0 Å². The summed E-state index contributed by atoms with van der Waals surface area (Å²) in [5, 5.41) is 0. The number of fused-ring (bicyclic) bond motifs is 1. The van der Waals surface area contributed by atoms with Crippen molar-refractivity contribution in [1.82, 2.24) is 14.5 Å². The lowest BCUT2D eigenvalue weighted by Gasteiger charge is -2.04. The molecule has 0 radical (unpaired) electrons. The smallest absolute Gasteiger partial charge is 0.133 e. The summed E-state index contributed by atoms with van der Waals surface area (Å²) < 4.78 is 2.25. The number of ketones is 1. The summed E-state index contributed by atoms with van der Waals surface area (Å²) in [5.41, 5.74) is 4.51. The Morgan fingerprint density at radius 1 is 1.08 bits per heavy atom. The molecule has 0 saturated carbocycles. The minimum atomic E-state index is 0.306. The van der Waals surface area contributed by atoms with Crippen molar-refractivity contribution in [2.75, 3.05) is 0 Å². The lowest BCUT2D eigenvalue weighted by molar-refractivity contribution is -0.119. The Morgan fingerprint density at radius 3 is 2.73 bits per heavy atom. The third-order valence-electron chi connectivity index (χ3n) is 4.99. The molecular formula is C22H23N3O. The molecule has 0 atom stereocenters. The number of nitrogens with zero attached hydrogens (tertiary/aromatic N) is 3. The third kappa shape index (κ3) is 3.90. The number of imidazole rings is 1. The molecule has 1 aliphatic rings. The van der Waals surface area contributed by atoms with Crippen LogP contribution in [0.5, 0.6) is 0 Å². The zero-order valence-corrected chi connectivity index (χ0v) is 14.9. The summed E-state index contributed by atoms with van der Waals surface area (Å²) in [7, 11) is 0. The molecule has 3 heterocycles. The summed E-state index contributed by atoms with van der Waals surface area (Å²) in [6.45, 7) is 1.08. The standard InChI is InChI=1S/C22H23N3O/c26-20(11-9-18-5-2-12-23-15-18)10-8-17-4-1-6-19(14-17)21-16-25-13-3-7-22(25)24-21/h1-2,4-6,12,14-16H,3,7-11,13H2. The Kier molecular flexibility index (Phi) is 4.91. The molecule has 1 aromatic carbocycles. The van der Waals surface area contributed by atoms with Crippen LogP contribution in [0.4, 0.5) is 0 Å². The fourth-order valence-electron chi connectivity index (χ4n) is 3.52. The molecular weight excluding hydrogens is 322 g/mol. The van der Waals surface area contributed by atoms with Gasteiger partial charge >= 0.3 is 0 Å². The third-order valence-corrected chi connectivity index (χ3v) is 4.99. The number of pyridine rings is 1. The second-order valence-corrected chi connectivity index (χ2v) is 6.94. The van der Waals surface area contributed by atoms with Crippen molar-refractivity contribution in [2.24, 2.45) is 0 Å². The Morgan fingerprint density at radius 2 is 1.92 bits per heavy atom.